The van der Waals surface area contributed by atoms with Gasteiger partial charge in [0.05, 0.1) is 17.7 Å². The van der Waals surface area contributed by atoms with E-state index in [9.17, 15) is 19.1 Å². The van der Waals surface area contributed by atoms with Crippen molar-refractivity contribution in [2.75, 3.05) is 26.4 Å². The lowest BCUT2D eigenvalue weighted by atomic mass is 9.95. The number of hydrogen-bond acceptors (Lipinski definition) is 6. The molecular weight excluding hydrogens is 417 g/mol. The summed E-state index contributed by atoms with van der Waals surface area (Å²) in [5.74, 6) is -1.26. The fourth-order valence-corrected chi connectivity index (χ4v) is 4.41. The summed E-state index contributed by atoms with van der Waals surface area (Å²) in [6.45, 7) is 1.62. The van der Waals surface area contributed by atoms with Gasteiger partial charge in [-0.2, -0.15) is 0 Å². The minimum atomic E-state index is -0.854. The first-order valence-corrected chi connectivity index (χ1v) is 10.6. The molecule has 3 aliphatic heterocycles. The Labute approximate surface area is 184 Å². The van der Waals surface area contributed by atoms with Gasteiger partial charge in [-0.15, -0.1) is 0 Å². The molecule has 8 heteroatoms. The van der Waals surface area contributed by atoms with Crippen molar-refractivity contribution in [3.63, 3.8) is 0 Å². The molecule has 5 rings (SSSR count). The molecule has 0 aliphatic carbocycles. The van der Waals surface area contributed by atoms with Crippen molar-refractivity contribution in [3.05, 3.63) is 65.0 Å². The SMILES string of the molecule is O=C1C(=O)N(CC2CCCO2)C(c2ccc(F)cc2)/C1=C(/O)c1ccc2c(c1)OCCO2. The van der Waals surface area contributed by atoms with Crippen LogP contribution in [0.2, 0.25) is 0 Å². The van der Waals surface area contributed by atoms with E-state index in [4.69, 9.17) is 14.2 Å². The summed E-state index contributed by atoms with van der Waals surface area (Å²) in [4.78, 5) is 27.5. The number of hydrogen-bond donors (Lipinski definition) is 1. The third kappa shape index (κ3) is 3.60. The van der Waals surface area contributed by atoms with E-state index in [0.29, 0.717) is 42.4 Å². The van der Waals surface area contributed by atoms with Gasteiger partial charge in [-0.3, -0.25) is 9.59 Å². The molecule has 0 bridgehead atoms. The van der Waals surface area contributed by atoms with Crippen LogP contribution < -0.4 is 9.47 Å². The maximum atomic E-state index is 13.6. The van der Waals surface area contributed by atoms with Crippen LogP contribution in [-0.2, 0) is 14.3 Å². The maximum Gasteiger partial charge on any atom is 0.295 e. The van der Waals surface area contributed by atoms with Crippen molar-refractivity contribution in [1.82, 2.24) is 4.90 Å². The Kier molecular flexibility index (Phi) is 5.30. The van der Waals surface area contributed by atoms with E-state index >= 15 is 0 Å². The predicted octanol–water partition coefficient (Wildman–Crippen LogP) is 3.20. The van der Waals surface area contributed by atoms with Gasteiger partial charge in [-0.05, 0) is 48.7 Å². The van der Waals surface area contributed by atoms with E-state index in [-0.39, 0.29) is 24.0 Å². The standard InChI is InChI=1S/C24H22FNO6/c25-16-6-3-14(4-7-16)21-20(23(28)24(29)26(21)13-17-2-1-9-30-17)22(27)15-5-8-18-19(12-15)32-11-10-31-18/h3-8,12,17,21,27H,1-2,9-11,13H2/b22-20-. The molecule has 7 nitrogen and oxygen atoms in total. The van der Waals surface area contributed by atoms with Crippen molar-refractivity contribution in [2.24, 2.45) is 0 Å². The van der Waals surface area contributed by atoms with Crippen LogP contribution in [0.5, 0.6) is 11.5 Å². The Morgan fingerprint density at radius 3 is 2.50 bits per heavy atom. The van der Waals surface area contributed by atoms with E-state index in [2.05, 4.69) is 0 Å². The number of aliphatic hydroxyl groups excluding tert-OH is 1. The Bertz CT molecular complexity index is 1090. The minimum Gasteiger partial charge on any atom is -0.507 e. The summed E-state index contributed by atoms with van der Waals surface area (Å²) in [7, 11) is 0. The van der Waals surface area contributed by atoms with E-state index < -0.39 is 23.5 Å². The first kappa shape index (κ1) is 20.5. The van der Waals surface area contributed by atoms with Crippen LogP contribution >= 0.6 is 0 Å². The van der Waals surface area contributed by atoms with E-state index in [0.717, 1.165) is 12.8 Å². The second-order valence-corrected chi connectivity index (χ2v) is 8.00. The Morgan fingerprint density at radius 1 is 1.03 bits per heavy atom. The van der Waals surface area contributed by atoms with Crippen LogP contribution in [0.3, 0.4) is 0 Å². The topological polar surface area (TPSA) is 85.3 Å². The number of amides is 1. The summed E-state index contributed by atoms with van der Waals surface area (Å²) >= 11 is 0. The lowest BCUT2D eigenvalue weighted by molar-refractivity contribution is -0.140. The van der Waals surface area contributed by atoms with Crippen LogP contribution in [0.4, 0.5) is 4.39 Å². The normalized spacial score (nSPS) is 24.2. The molecule has 32 heavy (non-hydrogen) atoms. The van der Waals surface area contributed by atoms with Crippen molar-refractivity contribution in [3.8, 4) is 11.5 Å². The molecule has 0 radical (unpaired) electrons. The number of likely N-dealkylation sites (tertiary alicyclic amines) is 1. The highest BCUT2D eigenvalue weighted by Gasteiger charge is 2.47. The first-order valence-electron chi connectivity index (χ1n) is 10.6. The Hall–Kier alpha value is -3.39. The van der Waals surface area contributed by atoms with Gasteiger partial charge >= 0.3 is 0 Å². The average molecular weight is 439 g/mol. The zero-order valence-corrected chi connectivity index (χ0v) is 17.3. The monoisotopic (exact) mass is 439 g/mol. The molecule has 0 aromatic heterocycles. The van der Waals surface area contributed by atoms with Gasteiger partial charge in [0.1, 0.15) is 24.8 Å². The van der Waals surface area contributed by atoms with Crippen molar-refractivity contribution < 1.29 is 33.3 Å². The summed E-state index contributed by atoms with van der Waals surface area (Å²) in [6.07, 6.45) is 1.47. The largest absolute Gasteiger partial charge is 0.507 e. The number of ether oxygens (including phenoxy) is 3. The highest BCUT2D eigenvalue weighted by molar-refractivity contribution is 6.46. The molecule has 2 fully saturated rings. The third-order valence-corrected chi connectivity index (χ3v) is 5.97. The highest BCUT2D eigenvalue weighted by atomic mass is 19.1. The summed E-state index contributed by atoms with van der Waals surface area (Å²) in [6, 6.07) is 9.57. The molecule has 2 aromatic carbocycles. The zero-order valence-electron chi connectivity index (χ0n) is 17.3. The molecule has 2 aromatic rings. The fraction of sp³-hybridized carbons (Fsp3) is 0.333. The second-order valence-electron chi connectivity index (χ2n) is 8.00. The summed E-state index contributed by atoms with van der Waals surface area (Å²) < 4.78 is 30.3. The number of nitrogens with zero attached hydrogens (tertiary/aromatic N) is 1. The van der Waals surface area contributed by atoms with E-state index in [1.54, 1.807) is 18.2 Å². The number of halogens is 1. The lowest BCUT2D eigenvalue weighted by Crippen LogP contribution is -2.36. The molecule has 3 aliphatic rings. The van der Waals surface area contributed by atoms with E-state index in [1.807, 2.05) is 0 Å². The van der Waals surface area contributed by atoms with Crippen LogP contribution in [0.15, 0.2) is 48.0 Å². The fourth-order valence-electron chi connectivity index (χ4n) is 4.41. The second kappa shape index (κ2) is 8.27. The number of ketones is 1. The van der Waals surface area contributed by atoms with Gasteiger partial charge in [-0.25, -0.2) is 4.39 Å². The number of fused-ring (bicyclic) bond motifs is 1. The Morgan fingerprint density at radius 2 is 1.78 bits per heavy atom. The summed E-state index contributed by atoms with van der Waals surface area (Å²) in [5.41, 5.74) is 0.815. The van der Waals surface area contributed by atoms with Gasteiger partial charge in [0.2, 0.25) is 0 Å². The first-order chi connectivity index (χ1) is 15.5. The third-order valence-electron chi connectivity index (χ3n) is 5.97. The van der Waals surface area contributed by atoms with Crippen LogP contribution in [-0.4, -0.2) is 54.2 Å². The number of Topliss-reactive ketones (excluding diaryl/α,β-unsaturated/α-hetero) is 1. The number of aliphatic hydroxyl groups is 1. The van der Waals surface area contributed by atoms with Crippen LogP contribution in [0, 0.1) is 5.82 Å². The molecule has 1 amide bonds. The average Bonchev–Trinajstić information content (AvgIpc) is 3.41. The maximum absolute atomic E-state index is 13.6. The lowest BCUT2D eigenvalue weighted by Gasteiger charge is -2.27. The molecule has 2 atom stereocenters. The predicted molar refractivity (Wildman–Crippen MR) is 112 cm³/mol. The van der Waals surface area contributed by atoms with Crippen molar-refractivity contribution in [1.29, 1.82) is 0 Å². The smallest absolute Gasteiger partial charge is 0.295 e. The highest BCUT2D eigenvalue weighted by Crippen LogP contribution is 2.41. The molecule has 1 N–H and O–H groups in total. The molecule has 3 heterocycles. The van der Waals surface area contributed by atoms with Crippen LogP contribution in [0.1, 0.15) is 30.0 Å². The van der Waals surface area contributed by atoms with Crippen molar-refractivity contribution in [2.45, 2.75) is 25.0 Å². The minimum absolute atomic E-state index is 0.0451. The number of carbonyl (C=O) groups excluding carboxylic acids is 2. The molecule has 0 spiro atoms. The van der Waals surface area contributed by atoms with E-state index in [1.165, 1.54) is 29.2 Å². The van der Waals surface area contributed by atoms with Gasteiger partial charge < -0.3 is 24.2 Å². The molecular formula is C24H22FNO6. The van der Waals surface area contributed by atoms with Crippen molar-refractivity contribution >= 4 is 17.4 Å². The van der Waals surface area contributed by atoms with Gasteiger partial charge in [0.15, 0.2) is 11.5 Å². The Balaban J connectivity index is 1.60. The number of benzene rings is 2. The summed E-state index contributed by atoms with van der Waals surface area (Å²) in [5, 5.41) is 11.2. The van der Waals surface area contributed by atoms with Gasteiger partial charge in [-0.1, -0.05) is 12.1 Å². The quantitative estimate of drug-likeness (QED) is 0.448. The zero-order chi connectivity index (χ0) is 22.2. The van der Waals surface area contributed by atoms with Crippen LogP contribution in [0.25, 0.3) is 5.76 Å². The molecule has 2 saturated heterocycles. The van der Waals surface area contributed by atoms with Gasteiger partial charge in [0, 0.05) is 18.7 Å². The number of carbonyl (C=O) groups is 2. The molecule has 2 unspecified atom stereocenters. The number of rotatable bonds is 4. The van der Waals surface area contributed by atoms with Gasteiger partial charge in [0.25, 0.3) is 11.7 Å². The molecule has 0 saturated carbocycles. The molecule has 166 valence electrons.